The Labute approximate surface area is 409 Å². The maximum Gasteiger partial charge on any atom is 0.153 e. The number of aliphatic hydroxyl groups excluding tert-OH is 1. The molecule has 1 N–H and O–H groups in total. The molecule has 0 atom stereocenters. The Morgan fingerprint density at radius 2 is 0.522 bits per heavy atom. The summed E-state index contributed by atoms with van der Waals surface area (Å²) in [7, 11) is 8.20. The van der Waals surface area contributed by atoms with Crippen molar-refractivity contribution in [1.82, 2.24) is 0 Å². The standard InChI is InChI=1S/C62H58O7/c1-64-52-30-15-47(16-31-52)25-40-57-58(41-26-48-17-32-53(65-2)33-18-48)60(43-28-50-21-36-55(67-4)37-22-50)62(69-46-14-12-10-8-6-7-9-11-13-45-63)61(44-29-51-23-38-56(68-5)39-24-51)59(57)42-27-49-19-34-54(66-3)35-20-49/h15-24,30-39,63H,6-14,45-46H2,1-5H3. The monoisotopic (exact) mass is 914 g/mol. The molecule has 0 saturated heterocycles. The fourth-order valence-corrected chi connectivity index (χ4v) is 7.16. The molecule has 69 heavy (non-hydrogen) atoms. The Kier molecular flexibility index (Phi) is 20.0. The van der Waals surface area contributed by atoms with Gasteiger partial charge in [0.25, 0.3) is 0 Å². The van der Waals surface area contributed by atoms with E-state index in [0.717, 1.165) is 102 Å². The number of benzene rings is 6. The van der Waals surface area contributed by atoms with Gasteiger partial charge in [0.1, 0.15) is 28.7 Å². The van der Waals surface area contributed by atoms with Crippen LogP contribution in [-0.4, -0.2) is 53.9 Å². The quantitative estimate of drug-likeness (QED) is 0.0721. The normalized spacial score (nSPS) is 9.94. The van der Waals surface area contributed by atoms with Crippen LogP contribution in [0.5, 0.6) is 34.5 Å². The molecule has 6 aromatic rings. The van der Waals surface area contributed by atoms with Crippen LogP contribution in [0.15, 0.2) is 121 Å². The van der Waals surface area contributed by atoms with Gasteiger partial charge in [-0.1, -0.05) is 104 Å². The lowest BCUT2D eigenvalue weighted by atomic mass is 9.89. The maximum absolute atomic E-state index is 9.15. The zero-order chi connectivity index (χ0) is 48.5. The first-order chi connectivity index (χ1) is 33.9. The Morgan fingerprint density at radius 3 is 0.783 bits per heavy atom. The van der Waals surface area contributed by atoms with Gasteiger partial charge in [0.05, 0.1) is 70.0 Å². The number of hydrogen-bond acceptors (Lipinski definition) is 7. The molecule has 0 unspecified atom stereocenters. The third-order valence-corrected chi connectivity index (χ3v) is 11.1. The molecule has 6 rings (SSSR count). The van der Waals surface area contributed by atoms with Crippen molar-refractivity contribution in [2.75, 3.05) is 48.8 Å². The van der Waals surface area contributed by atoms with Gasteiger partial charge >= 0.3 is 0 Å². The number of ether oxygens (including phenoxy) is 6. The Hall–Kier alpha value is -8.12. The van der Waals surface area contributed by atoms with Crippen molar-refractivity contribution in [3.8, 4) is 93.7 Å². The average Bonchev–Trinajstić information content (AvgIpc) is 3.40. The van der Waals surface area contributed by atoms with Crippen molar-refractivity contribution >= 4 is 0 Å². The average molecular weight is 915 g/mol. The fourth-order valence-electron chi connectivity index (χ4n) is 7.16. The lowest BCUT2D eigenvalue weighted by Gasteiger charge is -2.17. The van der Waals surface area contributed by atoms with Crippen molar-refractivity contribution in [3.63, 3.8) is 0 Å². The Bertz CT molecular complexity index is 2750. The predicted octanol–water partition coefficient (Wildman–Crippen LogP) is 11.6. The summed E-state index contributed by atoms with van der Waals surface area (Å²) in [6.07, 6.45) is 9.50. The van der Waals surface area contributed by atoms with E-state index in [9.17, 15) is 0 Å². The van der Waals surface area contributed by atoms with Crippen molar-refractivity contribution in [2.24, 2.45) is 0 Å². The SMILES string of the molecule is COc1ccc(C#Cc2c(C#Cc3ccc(OC)cc3)c(C#Cc3ccc(OC)cc3)c(OCCCCCCCCCCCO)c(C#Cc3ccc(OC)cc3)c2C#Cc2ccc(OC)cc2)cc1. The molecular weight excluding hydrogens is 857 g/mol. The van der Waals surface area contributed by atoms with Gasteiger partial charge in [0.2, 0.25) is 0 Å². The molecule has 348 valence electrons. The minimum absolute atomic E-state index is 0.261. The number of rotatable bonds is 17. The summed E-state index contributed by atoms with van der Waals surface area (Å²) in [6.45, 7) is 0.676. The topological polar surface area (TPSA) is 75.6 Å². The highest BCUT2D eigenvalue weighted by Gasteiger charge is 2.23. The highest BCUT2D eigenvalue weighted by molar-refractivity contribution is 5.78. The lowest BCUT2D eigenvalue weighted by molar-refractivity contribution is 0.282. The van der Waals surface area contributed by atoms with Crippen LogP contribution in [-0.2, 0) is 0 Å². The summed E-state index contributed by atoms with van der Waals surface area (Å²) in [6, 6.07) is 38.0. The predicted molar refractivity (Wildman–Crippen MR) is 275 cm³/mol. The molecule has 0 radical (unpaired) electrons. The van der Waals surface area contributed by atoms with Crippen LogP contribution in [0.25, 0.3) is 0 Å². The number of aliphatic hydroxyl groups is 1. The Balaban J connectivity index is 1.63. The minimum Gasteiger partial charge on any atom is -0.497 e. The second kappa shape index (κ2) is 27.5. The molecule has 0 aliphatic rings. The van der Waals surface area contributed by atoms with Crippen molar-refractivity contribution < 1.29 is 33.5 Å². The molecule has 0 amide bonds. The van der Waals surface area contributed by atoms with Crippen LogP contribution in [0.1, 0.15) is 113 Å². The second-order valence-electron chi connectivity index (χ2n) is 15.9. The summed E-state index contributed by atoms with van der Waals surface area (Å²) >= 11 is 0. The van der Waals surface area contributed by atoms with Gasteiger partial charge in [-0.25, -0.2) is 0 Å². The first kappa shape index (κ1) is 50.3. The van der Waals surface area contributed by atoms with Gasteiger partial charge in [-0.05, 0) is 134 Å². The van der Waals surface area contributed by atoms with Gasteiger partial charge in [-0.2, -0.15) is 0 Å². The molecule has 0 spiro atoms. The van der Waals surface area contributed by atoms with E-state index in [2.05, 4.69) is 59.2 Å². The van der Waals surface area contributed by atoms with Crippen molar-refractivity contribution in [2.45, 2.75) is 57.8 Å². The molecular formula is C62H58O7. The number of unbranched alkanes of at least 4 members (excludes halogenated alkanes) is 8. The zero-order valence-corrected chi connectivity index (χ0v) is 40.2. The van der Waals surface area contributed by atoms with Crippen LogP contribution in [0.3, 0.4) is 0 Å². The summed E-state index contributed by atoms with van der Waals surface area (Å²) in [5.74, 6) is 38.7. The molecule has 0 saturated carbocycles. The van der Waals surface area contributed by atoms with Crippen LogP contribution in [0.2, 0.25) is 0 Å². The lowest BCUT2D eigenvalue weighted by Crippen LogP contribution is -2.08. The third kappa shape index (κ3) is 15.5. The van der Waals surface area contributed by atoms with Gasteiger partial charge in [0.15, 0.2) is 5.75 Å². The van der Waals surface area contributed by atoms with E-state index < -0.39 is 0 Å². The molecule has 0 aliphatic heterocycles. The van der Waals surface area contributed by atoms with Gasteiger partial charge in [-0.15, -0.1) is 0 Å². The van der Waals surface area contributed by atoms with E-state index in [0.29, 0.717) is 40.2 Å². The molecule has 0 bridgehead atoms. The van der Waals surface area contributed by atoms with Crippen LogP contribution >= 0.6 is 0 Å². The summed E-state index contributed by atoms with van der Waals surface area (Å²) in [5, 5.41) is 9.15. The van der Waals surface area contributed by atoms with Crippen molar-refractivity contribution in [1.29, 1.82) is 0 Å². The second-order valence-corrected chi connectivity index (χ2v) is 15.9. The molecule has 0 fully saturated rings. The maximum atomic E-state index is 9.15. The minimum atomic E-state index is 0.261. The molecule has 0 aromatic heterocycles. The van der Waals surface area contributed by atoms with Crippen molar-refractivity contribution in [3.05, 3.63) is 177 Å². The third-order valence-electron chi connectivity index (χ3n) is 11.1. The largest absolute Gasteiger partial charge is 0.497 e. The van der Waals surface area contributed by atoms with Crippen LogP contribution in [0, 0.1) is 59.2 Å². The van der Waals surface area contributed by atoms with Gasteiger partial charge in [0, 0.05) is 34.4 Å². The molecule has 6 aromatic carbocycles. The zero-order valence-electron chi connectivity index (χ0n) is 40.2. The van der Waals surface area contributed by atoms with Crippen LogP contribution in [0.4, 0.5) is 0 Å². The molecule has 7 heteroatoms. The van der Waals surface area contributed by atoms with E-state index in [1.807, 2.05) is 121 Å². The first-order valence-corrected chi connectivity index (χ1v) is 23.2. The number of methoxy groups -OCH3 is 5. The summed E-state index contributed by atoms with van der Waals surface area (Å²) < 4.78 is 34.3. The van der Waals surface area contributed by atoms with E-state index in [1.54, 1.807) is 35.5 Å². The van der Waals surface area contributed by atoms with E-state index >= 15 is 0 Å². The van der Waals surface area contributed by atoms with Gasteiger partial charge < -0.3 is 33.5 Å². The van der Waals surface area contributed by atoms with Crippen LogP contribution < -0.4 is 28.4 Å². The number of hydrogen-bond donors (Lipinski definition) is 1. The van der Waals surface area contributed by atoms with E-state index in [4.69, 9.17) is 33.5 Å². The smallest absolute Gasteiger partial charge is 0.153 e. The summed E-state index contributed by atoms with van der Waals surface area (Å²) in [4.78, 5) is 0. The van der Waals surface area contributed by atoms with E-state index in [1.165, 1.54) is 12.8 Å². The highest BCUT2D eigenvalue weighted by atomic mass is 16.5. The molecule has 7 nitrogen and oxygen atoms in total. The fraction of sp³-hybridized carbons (Fsp3) is 0.258. The first-order valence-electron chi connectivity index (χ1n) is 23.2. The Morgan fingerprint density at radius 1 is 0.290 bits per heavy atom. The highest BCUT2D eigenvalue weighted by Crippen LogP contribution is 2.34. The molecule has 0 aliphatic carbocycles. The molecule has 0 heterocycles. The van der Waals surface area contributed by atoms with E-state index in [-0.39, 0.29) is 6.61 Å². The van der Waals surface area contributed by atoms with Gasteiger partial charge in [-0.3, -0.25) is 0 Å². The summed E-state index contributed by atoms with van der Waals surface area (Å²) in [5.41, 5.74) is 6.59.